The SMILES string of the molecule is CN(C)C(=O)NC1CCC(CC(C)(C)C)C1. The largest absolute Gasteiger partial charge is 0.335 e. The van der Waals surface area contributed by atoms with E-state index in [2.05, 4.69) is 26.1 Å². The summed E-state index contributed by atoms with van der Waals surface area (Å²) in [4.78, 5) is 13.1. The molecule has 0 saturated heterocycles. The predicted molar refractivity (Wildman–Crippen MR) is 67.4 cm³/mol. The molecule has 0 bridgehead atoms. The van der Waals surface area contributed by atoms with Gasteiger partial charge in [-0.25, -0.2) is 4.79 Å². The summed E-state index contributed by atoms with van der Waals surface area (Å²) in [6.07, 6.45) is 4.81. The molecule has 3 heteroatoms. The number of carbonyl (C=O) groups excluding carboxylic acids is 1. The lowest BCUT2D eigenvalue weighted by atomic mass is 9.84. The number of hydrogen-bond donors (Lipinski definition) is 1. The van der Waals surface area contributed by atoms with E-state index in [1.54, 1.807) is 19.0 Å². The first-order valence-corrected chi connectivity index (χ1v) is 6.26. The van der Waals surface area contributed by atoms with Crippen LogP contribution in [0.3, 0.4) is 0 Å². The van der Waals surface area contributed by atoms with E-state index in [0.717, 1.165) is 18.8 Å². The monoisotopic (exact) mass is 226 g/mol. The van der Waals surface area contributed by atoms with Crippen LogP contribution in [0.15, 0.2) is 0 Å². The molecule has 1 N–H and O–H groups in total. The van der Waals surface area contributed by atoms with Crippen LogP contribution in [-0.2, 0) is 0 Å². The third-order valence-corrected chi connectivity index (χ3v) is 3.18. The lowest BCUT2D eigenvalue weighted by Crippen LogP contribution is -2.40. The summed E-state index contributed by atoms with van der Waals surface area (Å²) in [5.74, 6) is 0.785. The standard InChI is InChI=1S/C13H26N2O/c1-13(2,3)9-10-6-7-11(8-10)14-12(16)15(4)5/h10-11H,6-9H2,1-5H3,(H,14,16). The van der Waals surface area contributed by atoms with Crippen LogP contribution in [0, 0.1) is 11.3 Å². The molecule has 1 fully saturated rings. The van der Waals surface area contributed by atoms with Crippen molar-refractivity contribution in [2.75, 3.05) is 14.1 Å². The van der Waals surface area contributed by atoms with Crippen molar-refractivity contribution in [3.8, 4) is 0 Å². The normalized spacial score (nSPS) is 25.6. The molecule has 2 atom stereocenters. The minimum Gasteiger partial charge on any atom is -0.335 e. The molecule has 0 aromatic heterocycles. The average molecular weight is 226 g/mol. The van der Waals surface area contributed by atoms with E-state index in [9.17, 15) is 4.79 Å². The summed E-state index contributed by atoms with van der Waals surface area (Å²) in [6.45, 7) is 6.87. The minimum atomic E-state index is 0.0430. The number of amides is 2. The van der Waals surface area contributed by atoms with Crippen molar-refractivity contribution < 1.29 is 4.79 Å². The maximum absolute atomic E-state index is 11.5. The molecule has 1 saturated carbocycles. The molecule has 1 aliphatic rings. The second-order valence-electron chi connectivity index (χ2n) is 6.48. The second-order valence-corrected chi connectivity index (χ2v) is 6.48. The third kappa shape index (κ3) is 4.42. The smallest absolute Gasteiger partial charge is 0.317 e. The highest BCUT2D eigenvalue weighted by Gasteiger charge is 2.29. The quantitative estimate of drug-likeness (QED) is 0.771. The van der Waals surface area contributed by atoms with Gasteiger partial charge in [0.25, 0.3) is 0 Å². The molecular formula is C13H26N2O. The average Bonchev–Trinajstić information content (AvgIpc) is 2.49. The Morgan fingerprint density at radius 2 is 1.94 bits per heavy atom. The zero-order valence-corrected chi connectivity index (χ0v) is 11.3. The summed E-state index contributed by atoms with van der Waals surface area (Å²) < 4.78 is 0. The fourth-order valence-electron chi connectivity index (χ4n) is 2.56. The fraction of sp³-hybridized carbons (Fsp3) is 0.923. The van der Waals surface area contributed by atoms with Gasteiger partial charge < -0.3 is 10.2 Å². The molecule has 0 spiro atoms. The maximum atomic E-state index is 11.5. The lowest BCUT2D eigenvalue weighted by Gasteiger charge is -2.23. The highest BCUT2D eigenvalue weighted by Crippen LogP contribution is 2.35. The van der Waals surface area contributed by atoms with Crippen LogP contribution in [0.4, 0.5) is 4.79 Å². The van der Waals surface area contributed by atoms with Crippen LogP contribution in [0.5, 0.6) is 0 Å². The summed E-state index contributed by atoms with van der Waals surface area (Å²) in [5.41, 5.74) is 0.408. The van der Waals surface area contributed by atoms with E-state index in [1.807, 2.05) is 0 Å². The lowest BCUT2D eigenvalue weighted by molar-refractivity contribution is 0.212. The number of carbonyl (C=O) groups is 1. The van der Waals surface area contributed by atoms with Gasteiger partial charge in [-0.1, -0.05) is 20.8 Å². The molecule has 0 aliphatic heterocycles. The number of nitrogens with zero attached hydrogens (tertiary/aromatic N) is 1. The Bertz CT molecular complexity index is 243. The van der Waals surface area contributed by atoms with Crippen molar-refractivity contribution in [3.05, 3.63) is 0 Å². The highest BCUT2D eigenvalue weighted by atomic mass is 16.2. The van der Waals surface area contributed by atoms with Crippen molar-refractivity contribution in [1.82, 2.24) is 10.2 Å². The molecule has 0 aromatic rings. The summed E-state index contributed by atoms with van der Waals surface area (Å²) >= 11 is 0. The molecule has 1 aliphatic carbocycles. The Morgan fingerprint density at radius 1 is 1.31 bits per heavy atom. The molecule has 0 aromatic carbocycles. The fourth-order valence-corrected chi connectivity index (χ4v) is 2.56. The molecule has 2 unspecified atom stereocenters. The van der Waals surface area contributed by atoms with Gasteiger partial charge in [0.05, 0.1) is 0 Å². The van der Waals surface area contributed by atoms with Crippen LogP contribution in [0.25, 0.3) is 0 Å². The molecule has 2 amide bonds. The van der Waals surface area contributed by atoms with Crippen LogP contribution >= 0.6 is 0 Å². The first kappa shape index (κ1) is 13.3. The maximum Gasteiger partial charge on any atom is 0.317 e. The van der Waals surface area contributed by atoms with Crippen LogP contribution in [0.1, 0.15) is 46.5 Å². The Hall–Kier alpha value is -0.730. The van der Waals surface area contributed by atoms with Crippen molar-refractivity contribution in [1.29, 1.82) is 0 Å². The van der Waals surface area contributed by atoms with Crippen LogP contribution in [0.2, 0.25) is 0 Å². The van der Waals surface area contributed by atoms with E-state index in [0.29, 0.717) is 11.5 Å². The van der Waals surface area contributed by atoms with E-state index >= 15 is 0 Å². The van der Waals surface area contributed by atoms with E-state index in [1.165, 1.54) is 12.8 Å². The van der Waals surface area contributed by atoms with Crippen molar-refractivity contribution in [2.24, 2.45) is 11.3 Å². The van der Waals surface area contributed by atoms with Crippen molar-refractivity contribution >= 4 is 6.03 Å². The highest BCUT2D eigenvalue weighted by molar-refractivity contribution is 5.73. The molecule has 16 heavy (non-hydrogen) atoms. The first-order chi connectivity index (χ1) is 7.28. The van der Waals surface area contributed by atoms with Crippen molar-refractivity contribution in [2.45, 2.75) is 52.5 Å². The summed E-state index contributed by atoms with van der Waals surface area (Å²) in [5, 5.41) is 3.08. The summed E-state index contributed by atoms with van der Waals surface area (Å²) in [6, 6.07) is 0.434. The first-order valence-electron chi connectivity index (χ1n) is 6.26. The van der Waals surface area contributed by atoms with Crippen molar-refractivity contribution in [3.63, 3.8) is 0 Å². The number of urea groups is 1. The minimum absolute atomic E-state index is 0.0430. The van der Waals surface area contributed by atoms with Gasteiger partial charge in [-0.05, 0) is 37.0 Å². The van der Waals surface area contributed by atoms with E-state index in [4.69, 9.17) is 0 Å². The van der Waals surface area contributed by atoms with Gasteiger partial charge in [-0.2, -0.15) is 0 Å². The molecule has 0 heterocycles. The molecule has 3 nitrogen and oxygen atoms in total. The van der Waals surface area contributed by atoms with Gasteiger partial charge in [0.1, 0.15) is 0 Å². The number of rotatable bonds is 2. The number of nitrogens with one attached hydrogen (secondary N) is 1. The van der Waals surface area contributed by atoms with Gasteiger partial charge in [0.2, 0.25) is 0 Å². The van der Waals surface area contributed by atoms with E-state index in [-0.39, 0.29) is 6.03 Å². The molecular weight excluding hydrogens is 200 g/mol. The van der Waals surface area contributed by atoms with Gasteiger partial charge in [-0.3, -0.25) is 0 Å². The predicted octanol–water partition coefficient (Wildman–Crippen LogP) is 2.86. The number of hydrogen-bond acceptors (Lipinski definition) is 1. The Morgan fingerprint density at radius 3 is 2.44 bits per heavy atom. The van der Waals surface area contributed by atoms with Gasteiger partial charge in [0.15, 0.2) is 0 Å². The topological polar surface area (TPSA) is 32.3 Å². The second kappa shape index (κ2) is 5.07. The molecule has 0 radical (unpaired) electrons. The summed E-state index contributed by atoms with van der Waals surface area (Å²) in [7, 11) is 3.58. The zero-order chi connectivity index (χ0) is 12.3. The Labute approximate surface area is 99.6 Å². The molecule has 94 valence electrons. The Kier molecular flexibility index (Phi) is 4.22. The van der Waals surface area contributed by atoms with Crippen LogP contribution in [-0.4, -0.2) is 31.1 Å². The van der Waals surface area contributed by atoms with Gasteiger partial charge in [-0.15, -0.1) is 0 Å². The van der Waals surface area contributed by atoms with Gasteiger partial charge in [0, 0.05) is 20.1 Å². The third-order valence-electron chi connectivity index (χ3n) is 3.18. The van der Waals surface area contributed by atoms with E-state index < -0.39 is 0 Å². The molecule has 1 rings (SSSR count). The Balaban J connectivity index is 2.33. The zero-order valence-electron chi connectivity index (χ0n) is 11.3. The van der Waals surface area contributed by atoms with Crippen LogP contribution < -0.4 is 5.32 Å². The van der Waals surface area contributed by atoms with Gasteiger partial charge >= 0.3 is 6.03 Å².